The van der Waals surface area contributed by atoms with Crippen molar-refractivity contribution >= 4 is 17.3 Å². The second-order valence-corrected chi connectivity index (χ2v) is 6.00. The number of allylic oxidation sites excluding steroid dienone is 2. The minimum atomic E-state index is -0.800. The number of carbonyl (C=O) groups excluding carboxylic acids is 2. The van der Waals surface area contributed by atoms with Gasteiger partial charge in [0.1, 0.15) is 11.7 Å². The van der Waals surface area contributed by atoms with E-state index in [1.54, 1.807) is 19.3 Å². The molecule has 0 spiro atoms. The SMILES string of the molecule is CCOC(=O)[C@H]1C(=O)C=C(c2ccco2)C[C@H]1c1ccc(C)cc1. The molecule has 0 bridgehead atoms. The molecule has 3 rings (SSSR count). The topological polar surface area (TPSA) is 56.5 Å². The van der Waals surface area contributed by atoms with Crippen molar-refractivity contribution in [3.8, 4) is 0 Å². The summed E-state index contributed by atoms with van der Waals surface area (Å²) < 4.78 is 10.6. The fraction of sp³-hybridized carbons (Fsp3) is 0.300. The van der Waals surface area contributed by atoms with Gasteiger partial charge in [-0.25, -0.2) is 0 Å². The van der Waals surface area contributed by atoms with Gasteiger partial charge in [0, 0.05) is 5.92 Å². The van der Waals surface area contributed by atoms with Crippen molar-refractivity contribution in [3.63, 3.8) is 0 Å². The average molecular weight is 324 g/mol. The third kappa shape index (κ3) is 3.18. The molecule has 1 heterocycles. The summed E-state index contributed by atoms with van der Waals surface area (Å²) >= 11 is 0. The summed E-state index contributed by atoms with van der Waals surface area (Å²) in [5.74, 6) is -1.06. The molecule has 2 aromatic rings. The summed E-state index contributed by atoms with van der Waals surface area (Å²) in [7, 11) is 0. The fourth-order valence-corrected chi connectivity index (χ4v) is 3.14. The molecule has 4 heteroatoms. The summed E-state index contributed by atoms with van der Waals surface area (Å²) in [5.41, 5.74) is 2.91. The van der Waals surface area contributed by atoms with Crippen molar-refractivity contribution in [1.29, 1.82) is 0 Å². The van der Waals surface area contributed by atoms with Gasteiger partial charge in [-0.1, -0.05) is 29.8 Å². The Hall–Kier alpha value is -2.62. The molecule has 1 aromatic carbocycles. The highest BCUT2D eigenvalue weighted by molar-refractivity contribution is 6.10. The van der Waals surface area contributed by atoms with E-state index in [4.69, 9.17) is 9.15 Å². The lowest BCUT2D eigenvalue weighted by molar-refractivity contribution is -0.151. The van der Waals surface area contributed by atoms with Crippen molar-refractivity contribution in [2.24, 2.45) is 5.92 Å². The number of rotatable bonds is 4. The molecule has 0 amide bonds. The normalized spacial score (nSPS) is 20.6. The van der Waals surface area contributed by atoms with Crippen LogP contribution in [0.4, 0.5) is 0 Å². The zero-order chi connectivity index (χ0) is 17.1. The molecule has 0 saturated carbocycles. The first-order chi connectivity index (χ1) is 11.6. The third-order valence-electron chi connectivity index (χ3n) is 4.35. The summed E-state index contributed by atoms with van der Waals surface area (Å²) in [6, 6.07) is 11.6. The minimum absolute atomic E-state index is 0.225. The van der Waals surface area contributed by atoms with E-state index in [9.17, 15) is 9.59 Å². The van der Waals surface area contributed by atoms with Gasteiger partial charge in [-0.05, 0) is 49.6 Å². The van der Waals surface area contributed by atoms with Crippen molar-refractivity contribution in [2.75, 3.05) is 6.61 Å². The second-order valence-electron chi connectivity index (χ2n) is 6.00. The largest absolute Gasteiger partial charge is 0.465 e. The van der Waals surface area contributed by atoms with Crippen LogP contribution in [0.3, 0.4) is 0 Å². The lowest BCUT2D eigenvalue weighted by atomic mass is 9.74. The molecule has 1 aromatic heterocycles. The van der Waals surface area contributed by atoms with Gasteiger partial charge in [-0.2, -0.15) is 0 Å². The molecule has 0 radical (unpaired) electrons. The highest BCUT2D eigenvalue weighted by Gasteiger charge is 2.40. The van der Waals surface area contributed by atoms with Crippen molar-refractivity contribution in [1.82, 2.24) is 0 Å². The second kappa shape index (κ2) is 6.87. The van der Waals surface area contributed by atoms with Crippen molar-refractivity contribution < 1.29 is 18.7 Å². The van der Waals surface area contributed by atoms with E-state index in [0.29, 0.717) is 12.2 Å². The lowest BCUT2D eigenvalue weighted by Crippen LogP contribution is -2.34. The van der Waals surface area contributed by atoms with Gasteiger partial charge in [0.25, 0.3) is 0 Å². The van der Waals surface area contributed by atoms with Gasteiger partial charge in [0.2, 0.25) is 0 Å². The maximum absolute atomic E-state index is 12.6. The van der Waals surface area contributed by atoms with Crippen molar-refractivity contribution in [3.05, 3.63) is 65.6 Å². The molecule has 0 N–H and O–H groups in total. The first kappa shape index (κ1) is 16.2. The Morgan fingerprint density at radius 3 is 2.62 bits per heavy atom. The Kier molecular flexibility index (Phi) is 4.65. The Balaban J connectivity index is 2.00. The lowest BCUT2D eigenvalue weighted by Gasteiger charge is -2.28. The van der Waals surface area contributed by atoms with E-state index >= 15 is 0 Å². The average Bonchev–Trinajstić information content (AvgIpc) is 3.09. The minimum Gasteiger partial charge on any atom is -0.465 e. The molecule has 1 aliphatic rings. The number of benzene rings is 1. The van der Waals surface area contributed by atoms with E-state index < -0.39 is 11.9 Å². The molecule has 0 aliphatic heterocycles. The molecule has 0 fully saturated rings. The first-order valence-electron chi connectivity index (χ1n) is 8.11. The molecular formula is C20H20O4. The van der Waals surface area contributed by atoms with E-state index in [0.717, 1.165) is 16.7 Å². The van der Waals surface area contributed by atoms with Crippen LogP contribution in [0.1, 0.15) is 36.1 Å². The van der Waals surface area contributed by atoms with Crippen LogP contribution in [0.15, 0.2) is 53.2 Å². The Morgan fingerprint density at radius 1 is 1.25 bits per heavy atom. The van der Waals surface area contributed by atoms with Crippen LogP contribution in [-0.4, -0.2) is 18.4 Å². The zero-order valence-corrected chi connectivity index (χ0v) is 13.8. The number of carbonyl (C=O) groups is 2. The van der Waals surface area contributed by atoms with Crippen LogP contribution in [0.2, 0.25) is 0 Å². The van der Waals surface area contributed by atoms with Crippen LogP contribution in [0.25, 0.3) is 5.57 Å². The van der Waals surface area contributed by atoms with Gasteiger partial charge in [0.05, 0.1) is 12.9 Å². The maximum Gasteiger partial charge on any atom is 0.317 e. The van der Waals surface area contributed by atoms with Crippen molar-refractivity contribution in [2.45, 2.75) is 26.2 Å². The predicted molar refractivity (Wildman–Crippen MR) is 90.4 cm³/mol. The van der Waals surface area contributed by atoms with Crippen LogP contribution in [0, 0.1) is 12.8 Å². The molecule has 2 atom stereocenters. The Labute approximate surface area is 141 Å². The number of esters is 1. The predicted octanol–water partition coefficient (Wildman–Crippen LogP) is 3.91. The van der Waals surface area contributed by atoms with Gasteiger partial charge >= 0.3 is 5.97 Å². The number of hydrogen-bond acceptors (Lipinski definition) is 4. The summed E-state index contributed by atoms with van der Waals surface area (Å²) in [6.07, 6.45) is 3.66. The van der Waals surface area contributed by atoms with Gasteiger partial charge in [-0.15, -0.1) is 0 Å². The standard InChI is InChI=1S/C20H20O4/c1-3-23-20(22)19-16(14-8-6-13(2)7-9-14)11-15(12-17(19)21)18-5-4-10-24-18/h4-10,12,16,19H,3,11H2,1-2H3/t16-,19+/m0/s1. The first-order valence-corrected chi connectivity index (χ1v) is 8.11. The quantitative estimate of drug-likeness (QED) is 0.632. The molecule has 0 saturated heterocycles. The van der Waals surface area contributed by atoms with Crippen LogP contribution in [-0.2, 0) is 14.3 Å². The number of hydrogen-bond donors (Lipinski definition) is 0. The van der Waals surface area contributed by atoms with E-state index in [-0.39, 0.29) is 18.3 Å². The summed E-state index contributed by atoms with van der Waals surface area (Å²) in [6.45, 7) is 4.01. The zero-order valence-electron chi connectivity index (χ0n) is 13.8. The monoisotopic (exact) mass is 324 g/mol. The number of aryl methyl sites for hydroxylation is 1. The summed E-state index contributed by atoms with van der Waals surface area (Å²) in [4.78, 5) is 25.0. The molecular weight excluding hydrogens is 304 g/mol. The van der Waals surface area contributed by atoms with Gasteiger partial charge < -0.3 is 9.15 Å². The molecule has 0 unspecified atom stereocenters. The number of ketones is 1. The maximum atomic E-state index is 12.6. The molecule has 4 nitrogen and oxygen atoms in total. The van der Waals surface area contributed by atoms with Gasteiger partial charge in [0.15, 0.2) is 5.78 Å². The smallest absolute Gasteiger partial charge is 0.317 e. The highest BCUT2D eigenvalue weighted by atomic mass is 16.5. The highest BCUT2D eigenvalue weighted by Crippen LogP contribution is 2.40. The summed E-state index contributed by atoms with van der Waals surface area (Å²) in [5, 5.41) is 0. The fourth-order valence-electron chi connectivity index (χ4n) is 3.14. The Bertz CT molecular complexity index is 753. The van der Waals surface area contributed by atoms with Crippen LogP contribution in [0.5, 0.6) is 0 Å². The molecule has 24 heavy (non-hydrogen) atoms. The number of furan rings is 1. The number of ether oxygens (including phenoxy) is 1. The van der Waals surface area contributed by atoms with Crippen LogP contribution < -0.4 is 0 Å². The molecule has 124 valence electrons. The van der Waals surface area contributed by atoms with Crippen LogP contribution >= 0.6 is 0 Å². The third-order valence-corrected chi connectivity index (χ3v) is 4.35. The Morgan fingerprint density at radius 2 is 2.00 bits per heavy atom. The van der Waals surface area contributed by atoms with E-state index in [1.165, 1.54) is 6.08 Å². The van der Waals surface area contributed by atoms with Gasteiger partial charge in [-0.3, -0.25) is 9.59 Å². The van der Waals surface area contributed by atoms with E-state index in [1.807, 2.05) is 37.3 Å². The van der Waals surface area contributed by atoms with E-state index in [2.05, 4.69) is 0 Å². The molecule has 1 aliphatic carbocycles.